The van der Waals surface area contributed by atoms with E-state index in [1.165, 1.54) is 53.4 Å². The molecule has 0 unspecified atom stereocenters. The number of benzene rings is 1. The highest BCUT2D eigenvalue weighted by Gasteiger charge is 2.50. The molecule has 1 aromatic carbocycles. The van der Waals surface area contributed by atoms with Crippen LogP contribution >= 0.6 is 0 Å². The molecule has 6 heterocycles. The fourth-order valence-electron chi connectivity index (χ4n) is 14.1. The number of hydrogen-bond donors (Lipinski definition) is 16. The van der Waals surface area contributed by atoms with E-state index in [1.54, 1.807) is 0 Å². The number of hydrogen-bond acceptors (Lipinski definition) is 36. The van der Waals surface area contributed by atoms with E-state index in [0.29, 0.717) is 44.9 Å². The minimum Gasteiger partial charge on any atom is -0.420 e. The lowest BCUT2D eigenvalue weighted by Crippen LogP contribution is -2.60. The lowest BCUT2D eigenvalue weighted by molar-refractivity contribution is -0.198. The van der Waals surface area contributed by atoms with Crippen LogP contribution in [0.4, 0.5) is 22.0 Å². The second-order valence-electron chi connectivity index (χ2n) is 30.9. The van der Waals surface area contributed by atoms with Gasteiger partial charge < -0.3 is 145 Å². The number of ether oxygens (including phenoxy) is 13. The predicted octanol–water partition coefficient (Wildman–Crippen LogP) is -3.39. The Morgan fingerprint density at radius 1 is 0.369 bits per heavy atom. The average molecular weight is 1870 g/mol. The molecule has 0 saturated carbocycles. The van der Waals surface area contributed by atoms with Crippen LogP contribution in [0.3, 0.4) is 0 Å². The van der Waals surface area contributed by atoms with Crippen LogP contribution < -0.4 is 42.0 Å². The van der Waals surface area contributed by atoms with Crippen molar-refractivity contribution in [3.63, 3.8) is 0 Å². The lowest BCUT2D eigenvalue weighted by Gasteiger charge is -2.41. The summed E-state index contributed by atoms with van der Waals surface area (Å²) in [7, 11) is 0. The van der Waals surface area contributed by atoms with Crippen LogP contribution in [0.1, 0.15) is 159 Å². The first-order chi connectivity index (χ1) is 62.5. The summed E-state index contributed by atoms with van der Waals surface area (Å²) in [5.41, 5.74) is -0.734. The highest BCUT2D eigenvalue weighted by atomic mass is 19.2. The van der Waals surface area contributed by atoms with Crippen LogP contribution in [0.25, 0.3) is 0 Å². The highest BCUT2D eigenvalue weighted by molar-refractivity contribution is 5.80. The standard InChI is InChI=1S/C79H123F5N16O30/c1-47(104)88-66-72(115)69(112)53(41-101)127-75(66)50-38-98(95-92-50)44-124-35-32-121-29-26-118-23-20-85-56(107)14-17-79(91-59(110)12-10-8-6-4-5-7-9-11-13-60(111)130-78-64(83)62(81)61(80)63(82)65(78)84,18-15-57(108)86-21-24-119-27-30-122-33-36-125-45-99-39-51(93-96-99)76-67(89-48(2)105)73(116)70(113)54(42-102)128-76)19-16-58(109)87-22-25-120-28-31-123-34-37-126-46-100-40-52(94-97-100)77-68(90-49(3)106)74(117)71(114)55(43-103)129-77/h38-40,53-55,66-77,101-103,112-117H,4-37,41-46H2,1-3H3,(H,85,107)(H,86,108)(H,87,109)(H,88,104)(H,89,105)(H,90,106)(H,91,110)/t53-,54-,55-,66-,67-,68-,69+,70+,71+,72-,73-,74-,75-,76-,77-/m1/s1. The van der Waals surface area contributed by atoms with Gasteiger partial charge in [0.2, 0.25) is 76.2 Å². The van der Waals surface area contributed by atoms with Crippen LogP contribution in [0.15, 0.2) is 18.6 Å². The normalized spacial score (nSPS) is 22.2. The molecule has 51 heteroatoms. The predicted molar refractivity (Wildman–Crippen MR) is 431 cm³/mol. The molecule has 0 bridgehead atoms. The molecule has 15 atom stereocenters. The molecular formula is C79H123F5N16O30. The third kappa shape index (κ3) is 36.3. The molecule has 3 saturated heterocycles. The molecule has 7 rings (SSSR count). The van der Waals surface area contributed by atoms with Crippen molar-refractivity contribution in [2.75, 3.05) is 139 Å². The molecule has 0 aliphatic carbocycles. The van der Waals surface area contributed by atoms with E-state index in [1.807, 2.05) is 0 Å². The molecule has 16 N–H and O–H groups in total. The Kier molecular flexibility index (Phi) is 48.5. The number of halogens is 5. The summed E-state index contributed by atoms with van der Waals surface area (Å²) in [6, 6.07) is -3.30. The molecule has 3 fully saturated rings. The third-order valence-electron chi connectivity index (χ3n) is 20.9. The van der Waals surface area contributed by atoms with Gasteiger partial charge in [-0.15, -0.1) is 15.3 Å². The van der Waals surface area contributed by atoms with Crippen molar-refractivity contribution in [2.24, 2.45) is 0 Å². The minimum absolute atomic E-state index is 0.0151. The maximum absolute atomic E-state index is 14.1. The number of esters is 1. The Morgan fingerprint density at radius 3 is 0.946 bits per heavy atom. The Hall–Kier alpha value is -8.79. The lowest BCUT2D eigenvalue weighted by atomic mass is 9.82. The summed E-state index contributed by atoms with van der Waals surface area (Å²) < 4.78 is 145. The van der Waals surface area contributed by atoms with E-state index in [4.69, 9.17) is 56.8 Å². The molecule has 0 spiro atoms. The second-order valence-corrected chi connectivity index (χ2v) is 30.9. The van der Waals surface area contributed by atoms with Crippen LogP contribution in [-0.2, 0) is 115 Å². The van der Waals surface area contributed by atoms with E-state index < -0.39 is 199 Å². The molecular weight excluding hydrogens is 1750 g/mol. The number of carbonyl (C=O) groups is 8. The number of amides is 7. The molecule has 734 valence electrons. The van der Waals surface area contributed by atoms with Crippen molar-refractivity contribution in [1.82, 2.24) is 82.2 Å². The Balaban J connectivity index is 0.876. The smallest absolute Gasteiger partial charge is 0.311 e. The number of aliphatic hydroxyl groups excluding tert-OH is 9. The first-order valence-electron chi connectivity index (χ1n) is 42.9. The largest absolute Gasteiger partial charge is 0.420 e. The SMILES string of the molecule is CC(=O)N[C@@H]1[C@@H](O)[C@@H](O)[C@@H](CO)O[C@@H]1c1cn(COCCOCCOCCNC(=O)CCC(CCC(=O)NCCOCCOCCOCn2cc([C@H]3O[C@H](CO)[C@H](O)[C@H](O)[C@H]3NC(C)=O)nn2)(CCC(=O)NCCOCCOCCOCn2cc([C@H]3O[C@H](CO)[C@H](O)[C@H](O)[C@H]3NC(C)=O)nn2)NC(=O)CCCCCCCCCCC(=O)Oc2c(F)c(F)c(F)c(F)c2F)nn1. The van der Waals surface area contributed by atoms with Crippen molar-refractivity contribution < 1.29 is 168 Å². The monoisotopic (exact) mass is 1870 g/mol. The third-order valence-corrected chi connectivity index (χ3v) is 20.9. The van der Waals surface area contributed by atoms with Crippen LogP contribution in [0.2, 0.25) is 0 Å². The van der Waals surface area contributed by atoms with Crippen molar-refractivity contribution in [3.05, 3.63) is 64.8 Å². The zero-order valence-electron chi connectivity index (χ0n) is 72.7. The number of rotatable bonds is 64. The van der Waals surface area contributed by atoms with Crippen LogP contribution in [-0.4, -0.2) is 355 Å². The average Bonchev–Trinajstić information content (AvgIpc) is 1.52. The Labute approximate surface area is 744 Å². The number of aliphatic hydroxyl groups is 9. The summed E-state index contributed by atoms with van der Waals surface area (Å²) in [5.74, 6) is -17.5. The Morgan fingerprint density at radius 2 is 0.646 bits per heavy atom. The van der Waals surface area contributed by atoms with E-state index in [9.17, 15) is 106 Å². The van der Waals surface area contributed by atoms with Crippen molar-refractivity contribution >= 4 is 47.3 Å². The van der Waals surface area contributed by atoms with E-state index >= 15 is 0 Å². The van der Waals surface area contributed by atoms with Gasteiger partial charge >= 0.3 is 5.97 Å². The quantitative estimate of drug-likeness (QED) is 0.00512. The van der Waals surface area contributed by atoms with Crippen LogP contribution in [0, 0.1) is 29.1 Å². The van der Waals surface area contributed by atoms with Gasteiger partial charge in [0.05, 0.1) is 156 Å². The number of unbranched alkanes of at least 4 members (excludes halogenated alkanes) is 7. The Bertz CT molecular complexity index is 3750. The summed E-state index contributed by atoms with van der Waals surface area (Å²) in [6.07, 6.45) is -7.78. The van der Waals surface area contributed by atoms with Crippen molar-refractivity contribution in [1.29, 1.82) is 0 Å². The fraction of sp³-hybridized carbons (Fsp3) is 0.747. The number of nitrogens with zero attached hydrogens (tertiary/aromatic N) is 9. The summed E-state index contributed by atoms with van der Waals surface area (Å²) in [6.45, 7) is 3.61. The summed E-state index contributed by atoms with van der Waals surface area (Å²) in [5, 5.41) is 136. The minimum atomic E-state index is -2.39. The van der Waals surface area contributed by atoms with Gasteiger partial charge in [0.1, 0.15) is 111 Å². The first-order valence-corrected chi connectivity index (χ1v) is 42.9. The van der Waals surface area contributed by atoms with Gasteiger partial charge in [-0.1, -0.05) is 54.2 Å². The van der Waals surface area contributed by atoms with Crippen molar-refractivity contribution in [2.45, 2.75) is 241 Å². The number of nitrogens with one attached hydrogen (secondary N) is 7. The van der Waals surface area contributed by atoms with E-state index in [-0.39, 0.29) is 214 Å². The molecule has 0 radical (unpaired) electrons. The second kappa shape index (κ2) is 58.3. The molecule has 3 aromatic heterocycles. The summed E-state index contributed by atoms with van der Waals surface area (Å²) >= 11 is 0. The topological polar surface area (TPSA) is 615 Å². The van der Waals surface area contributed by atoms with Gasteiger partial charge in [-0.2, -0.15) is 8.78 Å². The van der Waals surface area contributed by atoms with Gasteiger partial charge in [0.25, 0.3) is 0 Å². The van der Waals surface area contributed by atoms with Gasteiger partial charge in [-0.25, -0.2) is 27.2 Å². The maximum Gasteiger partial charge on any atom is 0.311 e. The molecule has 7 amide bonds. The van der Waals surface area contributed by atoms with Crippen molar-refractivity contribution in [3.8, 4) is 5.75 Å². The van der Waals surface area contributed by atoms with E-state index in [0.717, 1.165) is 0 Å². The molecule has 130 heavy (non-hydrogen) atoms. The van der Waals surface area contributed by atoms with Crippen LogP contribution in [0.5, 0.6) is 5.75 Å². The molecule has 4 aromatic rings. The van der Waals surface area contributed by atoms with E-state index in [2.05, 4.69) is 72.9 Å². The van der Waals surface area contributed by atoms with Gasteiger partial charge in [0.15, 0.2) is 0 Å². The summed E-state index contributed by atoms with van der Waals surface area (Å²) in [4.78, 5) is 103. The van der Waals surface area contributed by atoms with Gasteiger partial charge in [-0.3, -0.25) is 38.4 Å². The van der Waals surface area contributed by atoms with Gasteiger partial charge in [0, 0.05) is 78.0 Å². The zero-order chi connectivity index (χ0) is 94.5. The van der Waals surface area contributed by atoms with Gasteiger partial charge in [-0.05, 0) is 32.1 Å². The number of carbonyl (C=O) groups excluding carboxylic acids is 8. The molecule has 3 aliphatic heterocycles. The molecule has 3 aliphatic rings. The maximum atomic E-state index is 14.1. The first kappa shape index (κ1) is 108. The number of aromatic nitrogens is 9. The zero-order valence-corrected chi connectivity index (χ0v) is 72.7. The molecule has 46 nitrogen and oxygen atoms in total. The fourth-order valence-corrected chi connectivity index (χ4v) is 14.1. The highest BCUT2D eigenvalue weighted by Crippen LogP contribution is 2.36.